The van der Waals surface area contributed by atoms with Crippen LogP contribution in [0.4, 0.5) is 0 Å². The first-order valence-electron chi connectivity index (χ1n) is 8.83. The molecule has 0 radical (unpaired) electrons. The van der Waals surface area contributed by atoms with Crippen molar-refractivity contribution in [1.29, 1.82) is 0 Å². The van der Waals surface area contributed by atoms with Crippen LogP contribution in [0.2, 0.25) is 5.02 Å². The molecule has 1 aliphatic heterocycles. The van der Waals surface area contributed by atoms with Crippen LogP contribution in [0.15, 0.2) is 36.4 Å². The molecule has 2 aromatic rings. The fraction of sp³-hybridized carbons (Fsp3) is 0.400. The number of halogens is 1. The zero-order valence-electron chi connectivity index (χ0n) is 14.0. The van der Waals surface area contributed by atoms with Crippen LogP contribution >= 0.6 is 11.6 Å². The van der Waals surface area contributed by atoms with Gasteiger partial charge in [0.15, 0.2) is 0 Å². The number of benzene rings is 2. The van der Waals surface area contributed by atoms with E-state index < -0.39 is 0 Å². The highest BCUT2D eigenvalue weighted by Gasteiger charge is 2.41. The van der Waals surface area contributed by atoms with Crippen LogP contribution in [0.1, 0.15) is 35.4 Å². The minimum atomic E-state index is -0.0278. The third-order valence-electron chi connectivity index (χ3n) is 5.53. The first kappa shape index (κ1) is 16.7. The molecule has 0 amide bonds. The second-order valence-corrected chi connectivity index (χ2v) is 7.87. The lowest BCUT2D eigenvalue weighted by Crippen LogP contribution is -2.49. The predicted octanol–water partition coefficient (Wildman–Crippen LogP) is 4.06. The maximum absolute atomic E-state index is 11.3. The Kier molecular flexibility index (Phi) is 4.14. The number of quaternary nitrogens is 1. The van der Waals surface area contributed by atoms with Gasteiger partial charge in [-0.3, -0.25) is 0 Å². The molecule has 3 N–H and O–H groups in total. The molecular weight excluding hydrogens is 338 g/mol. The molecular formula is C20H23ClNO3+. The summed E-state index contributed by atoms with van der Waals surface area (Å²) in [7, 11) is 0. The molecule has 0 aromatic heterocycles. The molecule has 1 aliphatic carbocycles. The summed E-state index contributed by atoms with van der Waals surface area (Å²) in [6, 6.07) is 10.7. The zero-order valence-corrected chi connectivity index (χ0v) is 14.8. The van der Waals surface area contributed by atoms with E-state index in [1.54, 1.807) is 18.2 Å². The van der Waals surface area contributed by atoms with Gasteiger partial charge >= 0.3 is 0 Å². The maximum Gasteiger partial charge on any atom is 0.134 e. The van der Waals surface area contributed by atoms with Gasteiger partial charge < -0.3 is 10.2 Å². The van der Waals surface area contributed by atoms with Gasteiger partial charge in [0, 0.05) is 12.3 Å². The van der Waals surface area contributed by atoms with E-state index in [1.165, 1.54) is 12.8 Å². The summed E-state index contributed by atoms with van der Waals surface area (Å²) < 4.78 is 0.0297. The van der Waals surface area contributed by atoms with Crippen LogP contribution in [0.3, 0.4) is 0 Å². The van der Waals surface area contributed by atoms with Crippen molar-refractivity contribution in [2.75, 3.05) is 19.6 Å². The summed E-state index contributed by atoms with van der Waals surface area (Å²) in [6.45, 7) is 1.95. The Labute approximate surface area is 152 Å². The molecule has 1 fully saturated rings. The highest BCUT2D eigenvalue weighted by atomic mass is 35.5. The minimum Gasteiger partial charge on any atom is -0.508 e. The fourth-order valence-electron chi connectivity index (χ4n) is 3.99. The van der Waals surface area contributed by atoms with E-state index in [9.17, 15) is 15.4 Å². The van der Waals surface area contributed by atoms with E-state index >= 15 is 0 Å². The third-order valence-corrected chi connectivity index (χ3v) is 5.95. The molecule has 2 aromatic carbocycles. The van der Waals surface area contributed by atoms with Crippen molar-refractivity contribution in [1.82, 2.24) is 0 Å². The van der Waals surface area contributed by atoms with Gasteiger partial charge in [0.05, 0.1) is 10.9 Å². The number of nitrogens with zero attached hydrogens (tertiary/aromatic N) is 1. The van der Waals surface area contributed by atoms with E-state index in [0.717, 1.165) is 23.2 Å². The molecule has 5 heteroatoms. The molecule has 2 unspecified atom stereocenters. The summed E-state index contributed by atoms with van der Waals surface area (Å²) >= 11 is 6.39. The highest BCUT2D eigenvalue weighted by molar-refractivity contribution is 6.32. The standard InChI is InChI=1S/C20H22ClNO3/c21-20-17-9-10-22(25,11-13-1-2-13)12-18(16(17)7-8-19(20)24)14-3-5-15(23)6-4-14/h3-8,13,18,25H,1-2,9-12H2,(H-,23,24)/p+1. The Hall–Kier alpha value is -1.75. The van der Waals surface area contributed by atoms with Gasteiger partial charge in [-0.05, 0) is 47.7 Å². The fourth-order valence-corrected chi connectivity index (χ4v) is 4.26. The second-order valence-electron chi connectivity index (χ2n) is 7.49. The molecule has 4 rings (SSSR count). The van der Waals surface area contributed by atoms with E-state index in [4.69, 9.17) is 11.6 Å². The van der Waals surface area contributed by atoms with Crippen LogP contribution in [0.25, 0.3) is 0 Å². The van der Waals surface area contributed by atoms with E-state index in [-0.39, 0.29) is 22.1 Å². The Morgan fingerprint density at radius 2 is 1.76 bits per heavy atom. The third kappa shape index (κ3) is 3.34. The largest absolute Gasteiger partial charge is 0.508 e. The molecule has 1 heterocycles. The Morgan fingerprint density at radius 3 is 2.44 bits per heavy atom. The number of phenolic OH excluding ortho intramolecular Hbond substituents is 2. The van der Waals surface area contributed by atoms with Crippen molar-refractivity contribution >= 4 is 11.6 Å². The van der Waals surface area contributed by atoms with Gasteiger partial charge in [-0.1, -0.05) is 29.8 Å². The quantitative estimate of drug-likeness (QED) is 0.723. The molecule has 2 aliphatic rings. The summed E-state index contributed by atoms with van der Waals surface area (Å²) in [6.07, 6.45) is 3.03. The molecule has 25 heavy (non-hydrogen) atoms. The van der Waals surface area contributed by atoms with Crippen molar-refractivity contribution in [3.63, 3.8) is 0 Å². The average molecular weight is 361 g/mol. The van der Waals surface area contributed by atoms with E-state index in [1.807, 2.05) is 18.2 Å². The molecule has 0 spiro atoms. The lowest BCUT2D eigenvalue weighted by Gasteiger charge is -2.32. The van der Waals surface area contributed by atoms with Crippen molar-refractivity contribution < 1.29 is 20.1 Å². The number of phenols is 2. The van der Waals surface area contributed by atoms with Gasteiger partial charge in [0.1, 0.15) is 31.1 Å². The molecule has 132 valence electrons. The van der Waals surface area contributed by atoms with Crippen LogP contribution in [0.5, 0.6) is 11.5 Å². The summed E-state index contributed by atoms with van der Waals surface area (Å²) in [5.74, 6) is 0.893. The molecule has 0 bridgehead atoms. The Morgan fingerprint density at radius 1 is 1.04 bits per heavy atom. The monoisotopic (exact) mass is 360 g/mol. The summed E-state index contributed by atoms with van der Waals surface area (Å²) in [5.41, 5.74) is 3.01. The Bertz CT molecular complexity index is 788. The molecule has 4 nitrogen and oxygen atoms in total. The first-order valence-corrected chi connectivity index (χ1v) is 9.21. The van der Waals surface area contributed by atoms with Crippen molar-refractivity contribution in [2.45, 2.75) is 25.2 Å². The highest BCUT2D eigenvalue weighted by Crippen LogP contribution is 2.41. The van der Waals surface area contributed by atoms with Gasteiger partial charge in [0.2, 0.25) is 0 Å². The van der Waals surface area contributed by atoms with Crippen molar-refractivity contribution in [2.24, 2.45) is 5.92 Å². The van der Waals surface area contributed by atoms with Gasteiger partial charge in [0.25, 0.3) is 0 Å². The van der Waals surface area contributed by atoms with Gasteiger partial charge in [-0.15, -0.1) is 0 Å². The second kappa shape index (κ2) is 6.20. The summed E-state index contributed by atoms with van der Waals surface area (Å²) in [5, 5.41) is 31.3. The Balaban J connectivity index is 1.79. The summed E-state index contributed by atoms with van der Waals surface area (Å²) in [4.78, 5) is 0. The number of hydroxylamine groups is 3. The van der Waals surface area contributed by atoms with Crippen LogP contribution in [-0.2, 0) is 6.42 Å². The van der Waals surface area contributed by atoms with Crippen LogP contribution in [-0.4, -0.2) is 39.7 Å². The lowest BCUT2D eigenvalue weighted by atomic mass is 9.87. The predicted molar refractivity (Wildman–Crippen MR) is 96.1 cm³/mol. The molecule has 1 saturated carbocycles. The normalized spacial score (nSPS) is 26.1. The smallest absolute Gasteiger partial charge is 0.134 e. The number of hydrogen-bond donors (Lipinski definition) is 3. The van der Waals surface area contributed by atoms with E-state index in [2.05, 4.69) is 0 Å². The van der Waals surface area contributed by atoms with Crippen molar-refractivity contribution in [3.8, 4) is 11.5 Å². The SMILES string of the molecule is Oc1ccc(C2C[N+](O)(CC3CC3)CCc3c2ccc(O)c3Cl)cc1. The van der Waals surface area contributed by atoms with Crippen LogP contribution in [0, 0.1) is 5.92 Å². The van der Waals surface area contributed by atoms with Crippen LogP contribution < -0.4 is 0 Å². The van der Waals surface area contributed by atoms with Gasteiger partial charge in [-0.25, -0.2) is 5.21 Å². The molecule has 0 saturated heterocycles. The minimum absolute atomic E-state index is 0.0278. The molecule has 2 atom stereocenters. The van der Waals surface area contributed by atoms with Gasteiger partial charge in [-0.2, -0.15) is 4.65 Å². The zero-order chi connectivity index (χ0) is 17.6. The number of hydrogen-bond acceptors (Lipinski definition) is 3. The first-order chi connectivity index (χ1) is 12.0. The number of aromatic hydroxyl groups is 2. The van der Waals surface area contributed by atoms with E-state index in [0.29, 0.717) is 30.5 Å². The topological polar surface area (TPSA) is 60.7 Å². The number of fused-ring (bicyclic) bond motifs is 1. The number of rotatable bonds is 3. The maximum atomic E-state index is 11.3. The lowest BCUT2D eigenvalue weighted by molar-refractivity contribution is -1.10. The average Bonchev–Trinajstić information content (AvgIpc) is 3.40. The van der Waals surface area contributed by atoms with Crippen molar-refractivity contribution in [3.05, 3.63) is 58.1 Å².